The SMILES string of the molecule is CC(C)(C)c1ccc(S(=O)(=O)NCCC(=O)Nc2ccc3[nH]c(=O)[nH]c3c2)cc1. The molecule has 0 bridgehead atoms. The van der Waals surface area contributed by atoms with Crippen molar-refractivity contribution >= 4 is 32.7 Å². The van der Waals surface area contributed by atoms with Gasteiger partial charge in [-0.25, -0.2) is 17.9 Å². The molecule has 3 aromatic rings. The molecule has 0 aliphatic heterocycles. The monoisotopic (exact) mass is 416 g/mol. The Morgan fingerprint density at radius 2 is 1.66 bits per heavy atom. The van der Waals surface area contributed by atoms with Gasteiger partial charge in [0.05, 0.1) is 15.9 Å². The molecule has 1 heterocycles. The highest BCUT2D eigenvalue weighted by molar-refractivity contribution is 7.89. The molecule has 0 saturated heterocycles. The van der Waals surface area contributed by atoms with E-state index in [-0.39, 0.29) is 34.9 Å². The summed E-state index contributed by atoms with van der Waals surface area (Å²) in [5.41, 5.74) is 2.37. The summed E-state index contributed by atoms with van der Waals surface area (Å²) in [5.74, 6) is -0.340. The summed E-state index contributed by atoms with van der Waals surface area (Å²) in [6.07, 6.45) is -0.0268. The highest BCUT2D eigenvalue weighted by Gasteiger charge is 2.17. The van der Waals surface area contributed by atoms with Crippen molar-refractivity contribution in [3.63, 3.8) is 0 Å². The summed E-state index contributed by atoms with van der Waals surface area (Å²) in [4.78, 5) is 28.8. The second-order valence-electron chi connectivity index (χ2n) is 7.81. The van der Waals surface area contributed by atoms with E-state index in [2.05, 4.69) is 40.8 Å². The van der Waals surface area contributed by atoms with Crippen molar-refractivity contribution in [2.75, 3.05) is 11.9 Å². The van der Waals surface area contributed by atoms with E-state index in [0.717, 1.165) is 5.56 Å². The highest BCUT2D eigenvalue weighted by Crippen LogP contribution is 2.23. The molecule has 0 fully saturated rings. The number of hydrogen-bond acceptors (Lipinski definition) is 4. The highest BCUT2D eigenvalue weighted by atomic mass is 32.2. The van der Waals surface area contributed by atoms with Gasteiger partial charge in [-0.2, -0.15) is 0 Å². The molecule has 0 radical (unpaired) electrons. The lowest BCUT2D eigenvalue weighted by atomic mass is 9.87. The first kappa shape index (κ1) is 20.8. The van der Waals surface area contributed by atoms with Crippen LogP contribution in [0, 0.1) is 0 Å². The van der Waals surface area contributed by atoms with Gasteiger partial charge in [-0.05, 0) is 41.3 Å². The molecule has 3 rings (SSSR count). The number of fused-ring (bicyclic) bond motifs is 1. The molecule has 29 heavy (non-hydrogen) atoms. The molecule has 0 spiro atoms. The zero-order valence-corrected chi connectivity index (χ0v) is 17.3. The van der Waals surface area contributed by atoms with Crippen LogP contribution in [0.25, 0.3) is 11.0 Å². The van der Waals surface area contributed by atoms with Crippen LogP contribution in [0.1, 0.15) is 32.8 Å². The normalized spacial score (nSPS) is 12.2. The quantitative estimate of drug-likeness (QED) is 0.493. The molecule has 0 saturated carbocycles. The number of benzene rings is 2. The van der Waals surface area contributed by atoms with Crippen LogP contribution in [0.5, 0.6) is 0 Å². The number of aromatic nitrogens is 2. The lowest BCUT2D eigenvalue weighted by Crippen LogP contribution is -2.28. The Morgan fingerprint density at radius 1 is 1.00 bits per heavy atom. The van der Waals surface area contributed by atoms with Crippen molar-refractivity contribution in [2.24, 2.45) is 0 Å². The molecule has 0 aliphatic carbocycles. The maximum atomic E-state index is 12.4. The lowest BCUT2D eigenvalue weighted by molar-refractivity contribution is -0.116. The van der Waals surface area contributed by atoms with Crippen molar-refractivity contribution in [3.8, 4) is 0 Å². The van der Waals surface area contributed by atoms with E-state index in [0.29, 0.717) is 16.7 Å². The standard InChI is InChI=1S/C20H24N4O4S/c1-20(2,3)13-4-7-15(8-5-13)29(27,28)21-11-10-18(25)22-14-6-9-16-17(12-14)24-19(26)23-16/h4-9,12,21H,10-11H2,1-3H3,(H,22,25)(H2,23,24,26). The van der Waals surface area contributed by atoms with Gasteiger partial charge >= 0.3 is 5.69 Å². The summed E-state index contributed by atoms with van der Waals surface area (Å²) in [6, 6.07) is 11.7. The summed E-state index contributed by atoms with van der Waals surface area (Å²) in [7, 11) is -3.69. The van der Waals surface area contributed by atoms with Crippen LogP contribution >= 0.6 is 0 Å². The van der Waals surface area contributed by atoms with E-state index in [1.807, 2.05) is 0 Å². The van der Waals surface area contributed by atoms with Crippen LogP contribution in [-0.2, 0) is 20.2 Å². The van der Waals surface area contributed by atoms with Crippen molar-refractivity contribution < 1.29 is 13.2 Å². The molecule has 0 atom stereocenters. The molecule has 154 valence electrons. The summed E-state index contributed by atoms with van der Waals surface area (Å²) >= 11 is 0. The first-order valence-electron chi connectivity index (χ1n) is 9.17. The van der Waals surface area contributed by atoms with Gasteiger partial charge in [0.15, 0.2) is 0 Å². The van der Waals surface area contributed by atoms with Crippen molar-refractivity contribution in [1.29, 1.82) is 0 Å². The van der Waals surface area contributed by atoms with Gasteiger partial charge in [-0.1, -0.05) is 32.9 Å². The second-order valence-corrected chi connectivity index (χ2v) is 9.58. The summed E-state index contributed by atoms with van der Waals surface area (Å²) in [5, 5.41) is 2.68. The van der Waals surface area contributed by atoms with Crippen molar-refractivity contribution in [2.45, 2.75) is 37.5 Å². The van der Waals surface area contributed by atoms with Crippen LogP contribution in [0.15, 0.2) is 52.2 Å². The van der Waals surface area contributed by atoms with E-state index in [1.165, 1.54) is 0 Å². The number of H-pyrrole nitrogens is 2. The zero-order valence-electron chi connectivity index (χ0n) is 16.5. The van der Waals surface area contributed by atoms with E-state index in [9.17, 15) is 18.0 Å². The number of carbonyl (C=O) groups is 1. The Balaban J connectivity index is 1.56. The number of aromatic amines is 2. The van der Waals surface area contributed by atoms with Crippen LogP contribution in [0.2, 0.25) is 0 Å². The van der Waals surface area contributed by atoms with Gasteiger partial charge in [0.25, 0.3) is 0 Å². The average molecular weight is 417 g/mol. The number of sulfonamides is 1. The van der Waals surface area contributed by atoms with Gasteiger partial charge in [0, 0.05) is 18.7 Å². The molecule has 8 nitrogen and oxygen atoms in total. The number of imidazole rings is 1. The maximum Gasteiger partial charge on any atom is 0.323 e. The predicted molar refractivity (Wildman–Crippen MR) is 112 cm³/mol. The lowest BCUT2D eigenvalue weighted by Gasteiger charge is -2.19. The van der Waals surface area contributed by atoms with Gasteiger partial charge in [-0.15, -0.1) is 0 Å². The molecule has 0 unspecified atom stereocenters. The fourth-order valence-electron chi connectivity index (χ4n) is 2.85. The van der Waals surface area contributed by atoms with Gasteiger partial charge in [0.2, 0.25) is 15.9 Å². The minimum atomic E-state index is -3.69. The van der Waals surface area contributed by atoms with Crippen molar-refractivity contribution in [3.05, 3.63) is 58.5 Å². The Bertz CT molecular complexity index is 1190. The molecular weight excluding hydrogens is 392 g/mol. The Hall–Kier alpha value is -2.91. The Morgan fingerprint density at radius 3 is 2.31 bits per heavy atom. The number of anilines is 1. The first-order chi connectivity index (χ1) is 13.5. The third-order valence-electron chi connectivity index (χ3n) is 4.47. The van der Waals surface area contributed by atoms with Crippen LogP contribution < -0.4 is 15.7 Å². The third-order valence-corrected chi connectivity index (χ3v) is 5.95. The topological polar surface area (TPSA) is 124 Å². The third kappa shape index (κ3) is 5.12. The fourth-order valence-corrected chi connectivity index (χ4v) is 3.88. The molecular formula is C20H24N4O4S. The van der Waals surface area contributed by atoms with E-state index in [1.54, 1.807) is 42.5 Å². The zero-order chi connectivity index (χ0) is 21.2. The van der Waals surface area contributed by atoms with E-state index >= 15 is 0 Å². The maximum absolute atomic E-state index is 12.4. The number of nitrogens with one attached hydrogen (secondary N) is 4. The number of rotatable bonds is 6. The number of carbonyl (C=O) groups excluding carboxylic acids is 1. The fraction of sp³-hybridized carbons (Fsp3) is 0.300. The van der Waals surface area contributed by atoms with Gasteiger partial charge < -0.3 is 15.3 Å². The molecule has 4 N–H and O–H groups in total. The second kappa shape index (κ2) is 7.84. The van der Waals surface area contributed by atoms with Crippen LogP contribution in [0.4, 0.5) is 5.69 Å². The van der Waals surface area contributed by atoms with E-state index in [4.69, 9.17) is 0 Å². The number of amides is 1. The van der Waals surface area contributed by atoms with Gasteiger partial charge in [-0.3, -0.25) is 4.79 Å². The number of hydrogen-bond donors (Lipinski definition) is 4. The van der Waals surface area contributed by atoms with Crippen LogP contribution in [-0.4, -0.2) is 30.8 Å². The average Bonchev–Trinajstić information content (AvgIpc) is 3.00. The van der Waals surface area contributed by atoms with Crippen molar-refractivity contribution in [1.82, 2.24) is 14.7 Å². The van der Waals surface area contributed by atoms with E-state index < -0.39 is 10.0 Å². The summed E-state index contributed by atoms with van der Waals surface area (Å²) < 4.78 is 27.2. The minimum Gasteiger partial charge on any atom is -0.326 e. The van der Waals surface area contributed by atoms with Gasteiger partial charge in [0.1, 0.15) is 0 Å². The summed E-state index contributed by atoms with van der Waals surface area (Å²) in [6.45, 7) is 6.13. The largest absolute Gasteiger partial charge is 0.326 e. The molecule has 9 heteroatoms. The first-order valence-corrected chi connectivity index (χ1v) is 10.6. The smallest absolute Gasteiger partial charge is 0.323 e. The molecule has 2 aromatic carbocycles. The minimum absolute atomic E-state index is 0.0268. The molecule has 0 aliphatic rings. The molecule has 1 aromatic heterocycles. The predicted octanol–water partition coefficient (Wildman–Crippen LogP) is 2.46. The van der Waals surface area contributed by atoms with Crippen LogP contribution in [0.3, 0.4) is 0 Å². The Kier molecular flexibility index (Phi) is 5.63. The molecule has 1 amide bonds. The Labute approximate surface area is 168 Å².